The Hall–Kier alpha value is -2.60. The van der Waals surface area contributed by atoms with Crippen LogP contribution in [-0.4, -0.2) is 69.5 Å². The summed E-state index contributed by atoms with van der Waals surface area (Å²) in [7, 11) is 0. The van der Waals surface area contributed by atoms with Gasteiger partial charge < -0.3 is 15.0 Å². The molecule has 180 valence electrons. The molecular weight excluding hydrogens is 470 g/mol. The second-order valence-electron chi connectivity index (χ2n) is 8.64. The van der Waals surface area contributed by atoms with E-state index in [4.69, 9.17) is 22.1 Å². The first kappa shape index (κ1) is 23.2. The lowest BCUT2D eigenvalue weighted by Crippen LogP contribution is -2.41. The molecule has 2 fully saturated rings. The minimum atomic E-state index is -0.0723. The molecule has 9 nitrogen and oxygen atoms in total. The van der Waals surface area contributed by atoms with Crippen molar-refractivity contribution in [3.8, 4) is 0 Å². The molecule has 0 saturated carbocycles. The Bertz CT molecular complexity index is 1140. The van der Waals surface area contributed by atoms with E-state index in [0.717, 1.165) is 38.4 Å². The Morgan fingerprint density at radius 3 is 2.79 bits per heavy atom. The summed E-state index contributed by atoms with van der Waals surface area (Å²) in [6.45, 7) is 5.80. The molecule has 0 spiro atoms. The van der Waals surface area contributed by atoms with Gasteiger partial charge in [-0.25, -0.2) is 9.67 Å². The summed E-state index contributed by atoms with van der Waals surface area (Å²) >= 11 is 7.34. The second kappa shape index (κ2) is 10.8. The first-order valence-corrected chi connectivity index (χ1v) is 12.9. The molecule has 2 saturated heterocycles. The van der Waals surface area contributed by atoms with Gasteiger partial charge in [-0.2, -0.15) is 0 Å². The number of carbonyl (C=O) groups is 1. The SMILES string of the molecule is O=C(Nc1nccs1)C1CCCN(Cn2nc(N3CCOCC3)n(Cc3ccccc3)c2=S)C1. The van der Waals surface area contributed by atoms with Crippen molar-refractivity contribution < 1.29 is 9.53 Å². The molecule has 2 aliphatic heterocycles. The van der Waals surface area contributed by atoms with Crippen LogP contribution in [0.1, 0.15) is 18.4 Å². The van der Waals surface area contributed by atoms with Gasteiger partial charge in [0.05, 0.1) is 32.3 Å². The zero-order valence-corrected chi connectivity index (χ0v) is 20.6. The van der Waals surface area contributed by atoms with E-state index in [-0.39, 0.29) is 11.8 Å². The van der Waals surface area contributed by atoms with Crippen LogP contribution in [0, 0.1) is 10.7 Å². The van der Waals surface area contributed by atoms with Crippen molar-refractivity contribution in [3.63, 3.8) is 0 Å². The lowest BCUT2D eigenvalue weighted by atomic mass is 9.97. The van der Waals surface area contributed by atoms with E-state index in [1.807, 2.05) is 28.3 Å². The molecule has 1 atom stereocenters. The van der Waals surface area contributed by atoms with E-state index >= 15 is 0 Å². The number of ether oxygens (including phenoxy) is 1. The molecule has 1 aromatic carbocycles. The number of aromatic nitrogens is 4. The van der Waals surface area contributed by atoms with E-state index in [1.54, 1.807) is 6.20 Å². The minimum absolute atomic E-state index is 0.0341. The highest BCUT2D eigenvalue weighted by Gasteiger charge is 2.28. The highest BCUT2D eigenvalue weighted by molar-refractivity contribution is 7.71. The largest absolute Gasteiger partial charge is 0.378 e. The maximum absolute atomic E-state index is 12.8. The maximum atomic E-state index is 12.8. The number of nitrogens with one attached hydrogen (secondary N) is 1. The molecule has 11 heteroatoms. The number of hydrogen-bond acceptors (Lipinski definition) is 8. The molecule has 0 bridgehead atoms. The van der Waals surface area contributed by atoms with Crippen molar-refractivity contribution in [2.75, 3.05) is 49.6 Å². The highest BCUT2D eigenvalue weighted by atomic mass is 32.1. The highest BCUT2D eigenvalue weighted by Crippen LogP contribution is 2.22. The Morgan fingerprint density at radius 2 is 2.03 bits per heavy atom. The van der Waals surface area contributed by atoms with Gasteiger partial charge in [-0.05, 0) is 37.2 Å². The minimum Gasteiger partial charge on any atom is -0.378 e. The second-order valence-corrected chi connectivity index (χ2v) is 9.90. The predicted molar refractivity (Wildman–Crippen MR) is 135 cm³/mol. The van der Waals surface area contributed by atoms with Gasteiger partial charge in [0.2, 0.25) is 16.6 Å². The van der Waals surface area contributed by atoms with Crippen LogP contribution in [0.25, 0.3) is 0 Å². The number of rotatable bonds is 7. The molecule has 0 radical (unpaired) electrons. The van der Waals surface area contributed by atoms with Crippen molar-refractivity contribution in [1.82, 2.24) is 24.2 Å². The summed E-state index contributed by atoms with van der Waals surface area (Å²) in [6, 6.07) is 10.3. The first-order chi connectivity index (χ1) is 16.7. The predicted octanol–water partition coefficient (Wildman–Crippen LogP) is 3.06. The summed E-state index contributed by atoms with van der Waals surface area (Å²) in [5, 5.41) is 10.4. The number of hydrogen-bond donors (Lipinski definition) is 1. The van der Waals surface area contributed by atoms with E-state index in [2.05, 4.69) is 36.8 Å². The van der Waals surface area contributed by atoms with Crippen LogP contribution < -0.4 is 10.2 Å². The van der Waals surface area contributed by atoms with Gasteiger partial charge in [-0.15, -0.1) is 16.4 Å². The zero-order chi connectivity index (χ0) is 23.3. The summed E-state index contributed by atoms with van der Waals surface area (Å²) in [5.41, 5.74) is 1.18. The molecule has 1 N–H and O–H groups in total. The average Bonchev–Trinajstić information content (AvgIpc) is 3.49. The van der Waals surface area contributed by atoms with Crippen molar-refractivity contribution in [2.45, 2.75) is 26.1 Å². The molecule has 5 rings (SSSR count). The van der Waals surface area contributed by atoms with E-state index in [9.17, 15) is 4.79 Å². The van der Waals surface area contributed by atoms with Crippen LogP contribution in [0.5, 0.6) is 0 Å². The Morgan fingerprint density at radius 1 is 1.21 bits per heavy atom. The number of thiazole rings is 1. The topological polar surface area (TPSA) is 80.5 Å². The fourth-order valence-corrected chi connectivity index (χ4v) is 5.28. The monoisotopic (exact) mass is 499 g/mol. The van der Waals surface area contributed by atoms with Gasteiger partial charge in [0.25, 0.3) is 0 Å². The summed E-state index contributed by atoms with van der Waals surface area (Å²) in [6.07, 6.45) is 3.54. The molecule has 3 aromatic rings. The van der Waals surface area contributed by atoms with Crippen LogP contribution >= 0.6 is 23.6 Å². The van der Waals surface area contributed by atoms with E-state index in [1.165, 1.54) is 16.9 Å². The van der Waals surface area contributed by atoms with Gasteiger partial charge >= 0.3 is 0 Å². The van der Waals surface area contributed by atoms with Crippen molar-refractivity contribution in [1.29, 1.82) is 0 Å². The van der Waals surface area contributed by atoms with Crippen LogP contribution in [0.3, 0.4) is 0 Å². The fourth-order valence-electron chi connectivity index (χ4n) is 4.50. The standard InChI is InChI=1S/C23H29N7O2S2/c31-20(25-21-24-8-14-34-21)19-7-4-9-27(16-19)17-30-23(33)29(15-18-5-2-1-3-6-18)22(26-30)28-10-12-32-13-11-28/h1-3,5-6,8,14,19H,4,7,9-13,15-17H2,(H,24,25,31). The van der Waals surface area contributed by atoms with Crippen LogP contribution in [0.15, 0.2) is 41.9 Å². The molecule has 1 amide bonds. The molecule has 1 unspecified atom stereocenters. The zero-order valence-electron chi connectivity index (χ0n) is 19.0. The van der Waals surface area contributed by atoms with Crippen molar-refractivity contribution in [2.24, 2.45) is 5.92 Å². The van der Waals surface area contributed by atoms with Gasteiger partial charge in [0.1, 0.15) is 0 Å². The first-order valence-electron chi connectivity index (χ1n) is 11.6. The molecule has 0 aliphatic carbocycles. The van der Waals surface area contributed by atoms with Crippen LogP contribution in [0.2, 0.25) is 0 Å². The fraction of sp³-hybridized carbons (Fsp3) is 0.478. The normalized spacial score (nSPS) is 19.3. The summed E-state index contributed by atoms with van der Waals surface area (Å²) in [4.78, 5) is 21.5. The molecule has 34 heavy (non-hydrogen) atoms. The third-order valence-corrected chi connectivity index (χ3v) is 7.37. The third-order valence-electron chi connectivity index (χ3n) is 6.25. The number of nitrogens with zero attached hydrogens (tertiary/aromatic N) is 6. The van der Waals surface area contributed by atoms with Crippen molar-refractivity contribution >= 4 is 40.5 Å². The lowest BCUT2D eigenvalue weighted by Gasteiger charge is -2.31. The number of benzene rings is 1. The smallest absolute Gasteiger partial charge is 0.230 e. The van der Waals surface area contributed by atoms with Crippen LogP contribution in [0.4, 0.5) is 11.1 Å². The molecular formula is C23H29N7O2S2. The Balaban J connectivity index is 1.33. The number of carbonyl (C=O) groups excluding carboxylic acids is 1. The lowest BCUT2D eigenvalue weighted by molar-refractivity contribution is -0.121. The van der Waals surface area contributed by atoms with Crippen molar-refractivity contribution in [3.05, 3.63) is 52.2 Å². The third kappa shape index (κ3) is 5.38. The van der Waals surface area contributed by atoms with Gasteiger partial charge in [-0.1, -0.05) is 30.3 Å². The average molecular weight is 500 g/mol. The number of piperidine rings is 1. The Kier molecular flexibility index (Phi) is 7.33. The van der Waals surface area contributed by atoms with Gasteiger partial charge in [0, 0.05) is 31.2 Å². The van der Waals surface area contributed by atoms with Gasteiger partial charge in [0.15, 0.2) is 5.13 Å². The number of likely N-dealkylation sites (tertiary alicyclic amines) is 1. The number of amides is 1. The number of morpholine rings is 1. The van der Waals surface area contributed by atoms with Crippen LogP contribution in [-0.2, 0) is 22.7 Å². The summed E-state index contributed by atoms with van der Waals surface area (Å²) < 4.78 is 10.3. The van der Waals surface area contributed by atoms with E-state index in [0.29, 0.717) is 42.9 Å². The maximum Gasteiger partial charge on any atom is 0.230 e. The Labute approximate surface area is 208 Å². The molecule has 2 aliphatic rings. The molecule has 4 heterocycles. The number of anilines is 2. The quantitative estimate of drug-likeness (QED) is 0.501. The summed E-state index contributed by atoms with van der Waals surface area (Å²) in [5.74, 6) is 0.844. The van der Waals surface area contributed by atoms with Gasteiger partial charge in [-0.3, -0.25) is 14.3 Å². The van der Waals surface area contributed by atoms with E-state index < -0.39 is 0 Å². The molecule has 2 aromatic heterocycles.